The van der Waals surface area contributed by atoms with Gasteiger partial charge in [-0.15, -0.1) is 0 Å². The van der Waals surface area contributed by atoms with Gasteiger partial charge in [-0.1, -0.05) is 6.92 Å². The number of rotatable bonds is 9. The Morgan fingerprint density at radius 3 is 2.45 bits per heavy atom. The Morgan fingerprint density at radius 1 is 1.24 bits per heavy atom. The summed E-state index contributed by atoms with van der Waals surface area (Å²) in [4.78, 5) is 12.8. The largest absolute Gasteiger partial charge is 0.491 e. The van der Waals surface area contributed by atoms with Crippen LogP contribution in [0.2, 0.25) is 0 Å². The van der Waals surface area contributed by atoms with Gasteiger partial charge in [0.2, 0.25) is 10.0 Å². The molecule has 0 saturated carbocycles. The number of methoxy groups -OCH3 is 1. The van der Waals surface area contributed by atoms with Crippen LogP contribution in [0.3, 0.4) is 0 Å². The van der Waals surface area contributed by atoms with Crippen molar-refractivity contribution in [3.05, 3.63) is 47.8 Å². The second-order valence-electron chi connectivity index (χ2n) is 7.45. The van der Waals surface area contributed by atoms with Crippen LogP contribution in [0.5, 0.6) is 5.75 Å². The van der Waals surface area contributed by atoms with Crippen molar-refractivity contribution in [3.63, 3.8) is 0 Å². The highest BCUT2D eigenvalue weighted by molar-refractivity contribution is 7.92. The van der Waals surface area contributed by atoms with Crippen LogP contribution in [0.4, 0.5) is 10.1 Å². The van der Waals surface area contributed by atoms with E-state index in [-0.39, 0.29) is 28.3 Å². The summed E-state index contributed by atoms with van der Waals surface area (Å²) in [5.74, 6) is -0.345. The number of carbonyl (C=O) groups excluding carboxylic acids is 1. The van der Waals surface area contributed by atoms with Crippen molar-refractivity contribution in [3.8, 4) is 17.1 Å². The highest BCUT2D eigenvalue weighted by atomic mass is 32.2. The molecule has 3 aromatic rings. The van der Waals surface area contributed by atoms with Crippen molar-refractivity contribution in [2.75, 3.05) is 31.3 Å². The van der Waals surface area contributed by atoms with Crippen LogP contribution in [0.1, 0.15) is 30.6 Å². The van der Waals surface area contributed by atoms with Crippen LogP contribution in [-0.2, 0) is 14.8 Å². The molecule has 0 bridgehead atoms. The third-order valence-corrected chi connectivity index (χ3v) is 6.27. The summed E-state index contributed by atoms with van der Waals surface area (Å²) < 4.78 is 57.0. The van der Waals surface area contributed by atoms with Crippen molar-refractivity contribution >= 4 is 32.6 Å². The number of ether oxygens (including phenoxy) is 2. The number of amides is 1. The molecule has 1 unspecified atom stereocenters. The summed E-state index contributed by atoms with van der Waals surface area (Å²) in [6.45, 7) is 3.84. The fourth-order valence-electron chi connectivity index (χ4n) is 3.51. The Hall–Kier alpha value is -3.11. The quantitative estimate of drug-likeness (QED) is 0.464. The van der Waals surface area contributed by atoms with Gasteiger partial charge in [0.05, 0.1) is 18.4 Å². The monoisotopic (exact) mass is 478 g/mol. The topological polar surface area (TPSA) is 98.1 Å². The first kappa shape index (κ1) is 24.5. The summed E-state index contributed by atoms with van der Waals surface area (Å²) in [5.41, 5.74) is 1.21. The second kappa shape index (κ2) is 9.80. The minimum absolute atomic E-state index is 0.218. The Bertz CT molecular complexity index is 1250. The molecule has 178 valence electrons. The average Bonchev–Trinajstić information content (AvgIpc) is 3.14. The van der Waals surface area contributed by atoms with Gasteiger partial charge >= 0.3 is 0 Å². The zero-order chi connectivity index (χ0) is 24.3. The highest BCUT2D eigenvalue weighted by Crippen LogP contribution is 2.41. The third-order valence-electron chi connectivity index (χ3n) is 5.06. The van der Waals surface area contributed by atoms with Gasteiger partial charge in [-0.25, -0.2) is 17.1 Å². The van der Waals surface area contributed by atoms with E-state index < -0.39 is 28.0 Å². The molecule has 1 atom stereocenters. The first-order valence-corrected chi connectivity index (χ1v) is 12.2. The van der Waals surface area contributed by atoms with Gasteiger partial charge in [0, 0.05) is 31.2 Å². The lowest BCUT2D eigenvalue weighted by Crippen LogP contribution is -2.39. The molecule has 0 radical (unpaired) electrons. The molecule has 3 rings (SSSR count). The lowest BCUT2D eigenvalue weighted by atomic mass is 10.0. The van der Waals surface area contributed by atoms with Crippen molar-refractivity contribution < 1.29 is 31.5 Å². The van der Waals surface area contributed by atoms with Crippen LogP contribution in [0.25, 0.3) is 22.3 Å². The Morgan fingerprint density at radius 2 is 1.91 bits per heavy atom. The lowest BCUT2D eigenvalue weighted by Gasteiger charge is -2.29. The van der Waals surface area contributed by atoms with Gasteiger partial charge in [-0.2, -0.15) is 0 Å². The highest BCUT2D eigenvalue weighted by Gasteiger charge is 2.30. The number of hydrogen-bond donors (Lipinski definition) is 1. The lowest BCUT2D eigenvalue weighted by molar-refractivity contribution is 0.0964. The molecule has 0 fully saturated rings. The minimum atomic E-state index is -3.76. The van der Waals surface area contributed by atoms with E-state index in [1.807, 2.05) is 6.92 Å². The summed E-state index contributed by atoms with van der Waals surface area (Å²) in [6.07, 6.45) is 0.926. The number of nitrogens with one attached hydrogen (secondary N) is 1. The summed E-state index contributed by atoms with van der Waals surface area (Å²) in [5, 5.41) is 3.03. The van der Waals surface area contributed by atoms with Crippen LogP contribution in [0.15, 0.2) is 40.8 Å². The average molecular weight is 479 g/mol. The second-order valence-corrected chi connectivity index (χ2v) is 9.31. The number of nitrogens with zero attached hydrogens (tertiary/aromatic N) is 1. The first-order chi connectivity index (χ1) is 15.6. The molecule has 0 aliphatic carbocycles. The van der Waals surface area contributed by atoms with E-state index in [0.29, 0.717) is 24.0 Å². The number of fused-ring (bicyclic) bond motifs is 1. The first-order valence-electron chi connectivity index (χ1n) is 10.4. The molecule has 0 aliphatic heterocycles. The number of anilines is 1. The standard InChI is InChI=1S/C23H27FN2O6S/c1-6-11-31-20-12-17-19(13-18(20)26(14(2)30-4)33(5,28)29)32-22(21(17)23(27)25-3)15-7-9-16(24)10-8-15/h7-10,12-14H,6,11H2,1-5H3,(H,25,27). The molecular weight excluding hydrogens is 451 g/mol. The maximum atomic E-state index is 13.5. The predicted molar refractivity (Wildman–Crippen MR) is 125 cm³/mol. The van der Waals surface area contributed by atoms with E-state index >= 15 is 0 Å². The van der Waals surface area contributed by atoms with Crippen molar-refractivity contribution in [2.45, 2.75) is 26.5 Å². The van der Waals surface area contributed by atoms with Crippen LogP contribution < -0.4 is 14.4 Å². The Kier molecular flexibility index (Phi) is 7.28. The summed E-state index contributed by atoms with van der Waals surface area (Å²) >= 11 is 0. The number of carbonyl (C=O) groups is 1. The smallest absolute Gasteiger partial charge is 0.255 e. The Balaban J connectivity index is 2.36. The third kappa shape index (κ3) is 4.96. The van der Waals surface area contributed by atoms with Crippen molar-refractivity contribution in [2.24, 2.45) is 0 Å². The molecule has 10 heteroatoms. The Labute approximate surface area is 192 Å². The number of benzene rings is 2. The fraction of sp³-hybridized carbons (Fsp3) is 0.348. The normalized spacial score (nSPS) is 12.5. The molecule has 1 N–H and O–H groups in total. The number of hydrogen-bond acceptors (Lipinski definition) is 6. The van der Waals surface area contributed by atoms with Crippen LogP contribution in [-0.4, -0.2) is 47.6 Å². The van der Waals surface area contributed by atoms with Gasteiger partial charge in [-0.3, -0.25) is 4.79 Å². The molecule has 33 heavy (non-hydrogen) atoms. The summed E-state index contributed by atoms with van der Waals surface area (Å²) in [6, 6.07) is 8.64. The predicted octanol–water partition coefficient (Wildman–Crippen LogP) is 4.15. The van der Waals surface area contributed by atoms with E-state index in [4.69, 9.17) is 13.9 Å². The fourth-order valence-corrected chi connectivity index (χ4v) is 4.63. The van der Waals surface area contributed by atoms with Gasteiger partial charge in [-0.05, 0) is 43.7 Å². The van der Waals surface area contributed by atoms with Gasteiger partial charge < -0.3 is 19.2 Å². The maximum absolute atomic E-state index is 13.5. The zero-order valence-electron chi connectivity index (χ0n) is 19.1. The van der Waals surface area contributed by atoms with Gasteiger partial charge in [0.25, 0.3) is 5.91 Å². The van der Waals surface area contributed by atoms with Crippen molar-refractivity contribution in [1.29, 1.82) is 0 Å². The van der Waals surface area contributed by atoms with Gasteiger partial charge in [0.1, 0.15) is 34.8 Å². The molecule has 1 amide bonds. The molecule has 8 nitrogen and oxygen atoms in total. The SMILES string of the molecule is CCCOc1cc2c(C(=O)NC)c(-c3ccc(F)cc3)oc2cc1N(C(C)OC)S(C)(=O)=O. The zero-order valence-corrected chi connectivity index (χ0v) is 20.0. The molecule has 1 heterocycles. The minimum Gasteiger partial charge on any atom is -0.491 e. The molecular formula is C23H27FN2O6S. The van der Waals surface area contributed by atoms with Crippen LogP contribution in [0, 0.1) is 5.82 Å². The molecule has 0 spiro atoms. The van der Waals surface area contributed by atoms with Crippen molar-refractivity contribution in [1.82, 2.24) is 5.32 Å². The number of halogens is 1. The van der Waals surface area contributed by atoms with Crippen LogP contribution >= 0.6 is 0 Å². The van der Waals surface area contributed by atoms with E-state index in [0.717, 1.165) is 10.6 Å². The molecule has 0 aliphatic rings. The van der Waals surface area contributed by atoms with E-state index in [1.54, 1.807) is 13.0 Å². The molecule has 0 saturated heterocycles. The number of sulfonamides is 1. The van der Waals surface area contributed by atoms with Gasteiger partial charge in [0.15, 0.2) is 0 Å². The number of furan rings is 1. The molecule has 1 aromatic heterocycles. The molecule has 2 aromatic carbocycles. The van der Waals surface area contributed by atoms with E-state index in [2.05, 4.69) is 5.32 Å². The van der Waals surface area contributed by atoms with E-state index in [1.165, 1.54) is 44.5 Å². The van der Waals surface area contributed by atoms with E-state index in [9.17, 15) is 17.6 Å². The summed E-state index contributed by atoms with van der Waals surface area (Å²) in [7, 11) is -0.871. The maximum Gasteiger partial charge on any atom is 0.255 e.